The minimum Gasteiger partial charge on any atom is -0.491 e. The summed E-state index contributed by atoms with van der Waals surface area (Å²) >= 11 is 0. The Bertz CT molecular complexity index is 391. The van der Waals surface area contributed by atoms with Gasteiger partial charge in [0.05, 0.1) is 6.61 Å². The minimum atomic E-state index is -0.376. The minimum absolute atomic E-state index is 0. The molecule has 0 heterocycles. The molecule has 0 aliphatic rings. The lowest BCUT2D eigenvalue weighted by molar-refractivity contribution is -0.121. The molecule has 1 amide bonds. The Kier molecular flexibility index (Phi) is 10.7. The summed E-state index contributed by atoms with van der Waals surface area (Å²) < 4.78 is 18.5. The van der Waals surface area contributed by atoms with Gasteiger partial charge in [0.2, 0.25) is 5.91 Å². The van der Waals surface area contributed by atoms with Crippen molar-refractivity contribution < 1.29 is 13.9 Å². The molecule has 6 heteroatoms. The van der Waals surface area contributed by atoms with E-state index in [9.17, 15) is 9.18 Å². The summed E-state index contributed by atoms with van der Waals surface area (Å²) in [5.41, 5.74) is 0. The topological polar surface area (TPSA) is 50.4 Å². The summed E-state index contributed by atoms with van der Waals surface area (Å²) in [6.45, 7) is 1.90. The lowest BCUT2D eigenvalue weighted by atomic mass is 10.3. The molecule has 1 rings (SSSR count). The lowest BCUT2D eigenvalue weighted by Crippen LogP contribution is -2.26. The van der Waals surface area contributed by atoms with Crippen molar-refractivity contribution in [3.05, 3.63) is 30.1 Å². The smallest absolute Gasteiger partial charge is 0.220 e. The molecule has 0 spiro atoms. The number of halogens is 2. The fraction of sp³-hybridized carbons (Fsp3) is 0.500. The van der Waals surface area contributed by atoms with Crippen molar-refractivity contribution in [2.45, 2.75) is 19.3 Å². The van der Waals surface area contributed by atoms with Crippen molar-refractivity contribution in [1.82, 2.24) is 10.6 Å². The van der Waals surface area contributed by atoms with E-state index in [1.165, 1.54) is 6.07 Å². The number of rotatable bonds is 9. The maximum absolute atomic E-state index is 13.2. The Labute approximate surface area is 125 Å². The zero-order chi connectivity index (χ0) is 13.9. The molecule has 1 aromatic carbocycles. The molecule has 4 nitrogen and oxygen atoms in total. The van der Waals surface area contributed by atoms with Crippen molar-refractivity contribution in [3.8, 4) is 5.75 Å². The van der Waals surface area contributed by atoms with Gasteiger partial charge in [0.25, 0.3) is 0 Å². The zero-order valence-corrected chi connectivity index (χ0v) is 12.5. The van der Waals surface area contributed by atoms with Crippen molar-refractivity contribution in [3.63, 3.8) is 0 Å². The van der Waals surface area contributed by atoms with E-state index in [1.54, 1.807) is 18.2 Å². The number of hydrogen-bond donors (Lipinski definition) is 2. The molecule has 0 aromatic heterocycles. The molecule has 0 unspecified atom stereocenters. The quantitative estimate of drug-likeness (QED) is 0.687. The third kappa shape index (κ3) is 7.96. The number of ether oxygens (including phenoxy) is 1. The van der Waals surface area contributed by atoms with Crippen LogP contribution in [0.4, 0.5) is 4.39 Å². The molecule has 0 aliphatic heterocycles. The lowest BCUT2D eigenvalue weighted by Gasteiger charge is -2.07. The molecular weight excluding hydrogens is 283 g/mol. The SMILES string of the molecule is CNCCCNC(=O)CCCOc1ccccc1F.Cl. The van der Waals surface area contributed by atoms with E-state index >= 15 is 0 Å². The fourth-order valence-electron chi connectivity index (χ4n) is 1.56. The van der Waals surface area contributed by atoms with Crippen molar-refractivity contribution in [2.75, 3.05) is 26.7 Å². The van der Waals surface area contributed by atoms with Crippen LogP contribution in [0.3, 0.4) is 0 Å². The van der Waals surface area contributed by atoms with Crippen LogP contribution in [0.5, 0.6) is 5.75 Å². The number of carbonyl (C=O) groups excluding carboxylic acids is 1. The van der Waals surface area contributed by atoms with Gasteiger partial charge in [-0.05, 0) is 38.6 Å². The predicted molar refractivity (Wildman–Crippen MR) is 79.9 cm³/mol. The van der Waals surface area contributed by atoms with Gasteiger partial charge in [-0.2, -0.15) is 0 Å². The van der Waals surface area contributed by atoms with Crippen LogP contribution in [0.2, 0.25) is 0 Å². The molecule has 1 aromatic rings. The highest BCUT2D eigenvalue weighted by molar-refractivity contribution is 5.85. The molecule has 0 radical (unpaired) electrons. The van der Waals surface area contributed by atoms with Gasteiger partial charge in [-0.1, -0.05) is 12.1 Å². The van der Waals surface area contributed by atoms with Crippen LogP contribution >= 0.6 is 12.4 Å². The van der Waals surface area contributed by atoms with E-state index in [2.05, 4.69) is 10.6 Å². The Hall–Kier alpha value is -1.33. The Morgan fingerprint density at radius 1 is 1.25 bits per heavy atom. The van der Waals surface area contributed by atoms with Crippen LogP contribution < -0.4 is 15.4 Å². The maximum atomic E-state index is 13.2. The first kappa shape index (κ1) is 18.7. The van der Waals surface area contributed by atoms with E-state index in [0.717, 1.165) is 13.0 Å². The van der Waals surface area contributed by atoms with Crippen molar-refractivity contribution in [2.24, 2.45) is 0 Å². The summed E-state index contributed by atoms with van der Waals surface area (Å²) in [7, 11) is 1.88. The monoisotopic (exact) mass is 304 g/mol. The van der Waals surface area contributed by atoms with Crippen molar-refractivity contribution >= 4 is 18.3 Å². The van der Waals surface area contributed by atoms with Crippen LogP contribution in [0.1, 0.15) is 19.3 Å². The number of carbonyl (C=O) groups is 1. The Balaban J connectivity index is 0.00000361. The Morgan fingerprint density at radius 2 is 2.00 bits per heavy atom. The molecule has 0 bridgehead atoms. The number of nitrogens with one attached hydrogen (secondary N) is 2. The maximum Gasteiger partial charge on any atom is 0.220 e. The van der Waals surface area contributed by atoms with Gasteiger partial charge in [0, 0.05) is 13.0 Å². The van der Waals surface area contributed by atoms with Crippen LogP contribution in [0.25, 0.3) is 0 Å². The van der Waals surface area contributed by atoms with Gasteiger partial charge in [0.15, 0.2) is 11.6 Å². The van der Waals surface area contributed by atoms with E-state index in [0.29, 0.717) is 26.0 Å². The molecule has 0 fully saturated rings. The number of benzene rings is 1. The standard InChI is InChI=1S/C14H21FN2O2.ClH/c1-16-9-5-10-17-14(18)8-4-11-19-13-7-3-2-6-12(13)15;/h2-3,6-7,16H,4-5,8-11H2,1H3,(H,17,18);1H. The highest BCUT2D eigenvalue weighted by Crippen LogP contribution is 2.15. The predicted octanol–water partition coefficient (Wildman–Crippen LogP) is 2.13. The third-order valence-corrected chi connectivity index (χ3v) is 2.57. The average molecular weight is 305 g/mol. The van der Waals surface area contributed by atoms with Crippen LogP contribution in [-0.2, 0) is 4.79 Å². The second kappa shape index (κ2) is 11.5. The van der Waals surface area contributed by atoms with Crippen LogP contribution in [0.15, 0.2) is 24.3 Å². The molecule has 0 atom stereocenters. The number of amides is 1. The second-order valence-corrected chi connectivity index (χ2v) is 4.19. The molecule has 20 heavy (non-hydrogen) atoms. The highest BCUT2D eigenvalue weighted by atomic mass is 35.5. The third-order valence-electron chi connectivity index (χ3n) is 2.57. The van der Waals surface area contributed by atoms with Gasteiger partial charge >= 0.3 is 0 Å². The van der Waals surface area contributed by atoms with E-state index in [1.807, 2.05) is 7.05 Å². The van der Waals surface area contributed by atoms with Gasteiger partial charge in [-0.25, -0.2) is 4.39 Å². The fourth-order valence-corrected chi connectivity index (χ4v) is 1.56. The number of para-hydroxylation sites is 1. The van der Waals surface area contributed by atoms with Gasteiger partial charge in [0.1, 0.15) is 0 Å². The molecule has 0 aliphatic carbocycles. The molecular formula is C14H22ClFN2O2. The molecule has 2 N–H and O–H groups in total. The molecule has 0 saturated heterocycles. The number of hydrogen-bond acceptors (Lipinski definition) is 3. The molecule has 0 saturated carbocycles. The van der Waals surface area contributed by atoms with Gasteiger partial charge in [-0.15, -0.1) is 12.4 Å². The van der Waals surface area contributed by atoms with Crippen LogP contribution in [0, 0.1) is 5.82 Å². The van der Waals surface area contributed by atoms with E-state index in [-0.39, 0.29) is 29.9 Å². The first-order valence-corrected chi connectivity index (χ1v) is 6.52. The second-order valence-electron chi connectivity index (χ2n) is 4.19. The zero-order valence-electron chi connectivity index (χ0n) is 11.7. The van der Waals surface area contributed by atoms with Gasteiger partial charge in [-0.3, -0.25) is 4.79 Å². The first-order valence-electron chi connectivity index (χ1n) is 6.52. The summed E-state index contributed by atoms with van der Waals surface area (Å²) in [6, 6.07) is 6.25. The summed E-state index contributed by atoms with van der Waals surface area (Å²) in [6.07, 6.45) is 1.88. The largest absolute Gasteiger partial charge is 0.491 e. The molecule has 114 valence electrons. The Morgan fingerprint density at radius 3 is 2.70 bits per heavy atom. The highest BCUT2D eigenvalue weighted by Gasteiger charge is 2.03. The summed E-state index contributed by atoms with van der Waals surface area (Å²) in [5, 5.41) is 5.83. The van der Waals surface area contributed by atoms with Crippen molar-refractivity contribution in [1.29, 1.82) is 0 Å². The normalized spacial score (nSPS) is 9.70. The first-order chi connectivity index (χ1) is 9.24. The van der Waals surface area contributed by atoms with E-state index < -0.39 is 0 Å². The average Bonchev–Trinajstić information content (AvgIpc) is 2.41. The summed E-state index contributed by atoms with van der Waals surface area (Å²) in [4.78, 5) is 11.4. The van der Waals surface area contributed by atoms with E-state index in [4.69, 9.17) is 4.74 Å². The summed E-state index contributed by atoms with van der Waals surface area (Å²) in [5.74, 6) is -0.135. The van der Waals surface area contributed by atoms with Gasteiger partial charge < -0.3 is 15.4 Å². The van der Waals surface area contributed by atoms with Crippen LogP contribution in [-0.4, -0.2) is 32.7 Å².